The third kappa shape index (κ3) is 1.87. The molecule has 0 aromatic rings. The van der Waals surface area contributed by atoms with Crippen LogP contribution in [0.5, 0.6) is 0 Å². The van der Waals surface area contributed by atoms with Crippen LogP contribution in [0.15, 0.2) is 0 Å². The molecule has 0 bridgehead atoms. The zero-order valence-corrected chi connectivity index (χ0v) is 8.08. The Morgan fingerprint density at radius 2 is 2.08 bits per heavy atom. The van der Waals surface area contributed by atoms with Gasteiger partial charge in [0.05, 0.1) is 12.7 Å². The Balaban J connectivity index is 1.78. The Labute approximate surface area is 79.4 Å². The van der Waals surface area contributed by atoms with Crippen molar-refractivity contribution < 1.29 is 10.2 Å². The van der Waals surface area contributed by atoms with Gasteiger partial charge in [0.1, 0.15) is 0 Å². The second-order valence-corrected chi connectivity index (χ2v) is 4.68. The van der Waals surface area contributed by atoms with E-state index in [1.165, 1.54) is 25.7 Å². The summed E-state index contributed by atoms with van der Waals surface area (Å²) in [6.07, 6.45) is 4.88. The predicted octanol–water partition coefficient (Wildman–Crippen LogP) is 0.216. The highest BCUT2D eigenvalue weighted by Crippen LogP contribution is 2.47. The summed E-state index contributed by atoms with van der Waals surface area (Å²) in [6, 6.07) is 0. The molecule has 0 aromatic heterocycles. The van der Waals surface area contributed by atoms with Crippen LogP contribution in [0.4, 0.5) is 0 Å². The van der Waals surface area contributed by atoms with E-state index in [9.17, 15) is 5.11 Å². The van der Waals surface area contributed by atoms with E-state index in [2.05, 4.69) is 4.90 Å². The molecule has 3 heteroatoms. The molecule has 2 aliphatic rings. The first-order chi connectivity index (χ1) is 6.24. The van der Waals surface area contributed by atoms with Gasteiger partial charge >= 0.3 is 0 Å². The average molecular weight is 185 g/mol. The Hall–Kier alpha value is -0.120. The lowest BCUT2D eigenvalue weighted by atomic mass is 9.68. The first-order valence-electron chi connectivity index (χ1n) is 5.25. The topological polar surface area (TPSA) is 43.7 Å². The molecule has 76 valence electrons. The van der Waals surface area contributed by atoms with Gasteiger partial charge in [0, 0.05) is 13.1 Å². The van der Waals surface area contributed by atoms with E-state index in [0.717, 1.165) is 13.1 Å². The molecule has 1 spiro atoms. The Kier molecular flexibility index (Phi) is 2.58. The van der Waals surface area contributed by atoms with E-state index in [-0.39, 0.29) is 6.61 Å². The van der Waals surface area contributed by atoms with Crippen LogP contribution in [0.2, 0.25) is 0 Å². The number of hydrogen-bond acceptors (Lipinski definition) is 3. The summed E-state index contributed by atoms with van der Waals surface area (Å²) in [4.78, 5) is 2.29. The molecule has 3 nitrogen and oxygen atoms in total. The highest BCUT2D eigenvalue weighted by atomic mass is 16.3. The summed E-state index contributed by atoms with van der Waals surface area (Å²) in [6.45, 7) is 2.79. The Morgan fingerprint density at radius 3 is 2.54 bits per heavy atom. The van der Waals surface area contributed by atoms with Crippen molar-refractivity contribution in [3.05, 3.63) is 0 Å². The summed E-state index contributed by atoms with van der Waals surface area (Å²) in [7, 11) is 0. The van der Waals surface area contributed by atoms with Gasteiger partial charge in [-0.15, -0.1) is 0 Å². The van der Waals surface area contributed by atoms with Crippen LogP contribution in [0.3, 0.4) is 0 Å². The molecule has 13 heavy (non-hydrogen) atoms. The minimum Gasteiger partial charge on any atom is -0.394 e. The van der Waals surface area contributed by atoms with Gasteiger partial charge in [-0.3, -0.25) is 0 Å². The third-order valence-electron chi connectivity index (χ3n) is 3.61. The van der Waals surface area contributed by atoms with Crippen molar-refractivity contribution in [1.29, 1.82) is 0 Å². The van der Waals surface area contributed by atoms with E-state index in [4.69, 9.17) is 5.11 Å². The largest absolute Gasteiger partial charge is 0.394 e. The maximum Gasteiger partial charge on any atom is 0.0897 e. The first kappa shape index (κ1) is 9.44. The van der Waals surface area contributed by atoms with Crippen LogP contribution < -0.4 is 0 Å². The van der Waals surface area contributed by atoms with E-state index in [1.807, 2.05) is 0 Å². The van der Waals surface area contributed by atoms with Crippen LogP contribution in [-0.4, -0.2) is 47.5 Å². The summed E-state index contributed by atoms with van der Waals surface area (Å²) >= 11 is 0. The highest BCUT2D eigenvalue weighted by Gasteiger charge is 2.42. The summed E-state index contributed by atoms with van der Waals surface area (Å²) in [5.74, 6) is 0. The number of hydrogen-bond donors (Lipinski definition) is 2. The second kappa shape index (κ2) is 3.56. The molecule has 0 aromatic carbocycles. The quantitative estimate of drug-likeness (QED) is 0.661. The molecule has 1 heterocycles. The first-order valence-corrected chi connectivity index (χ1v) is 5.25. The standard InChI is InChI=1S/C10H19NO2/c12-7-9(13)6-11-5-4-10(8-11)2-1-3-10/h9,12-13H,1-8H2. The Morgan fingerprint density at radius 1 is 1.31 bits per heavy atom. The van der Waals surface area contributed by atoms with Gasteiger partial charge in [-0.25, -0.2) is 0 Å². The second-order valence-electron chi connectivity index (χ2n) is 4.68. The van der Waals surface area contributed by atoms with Crippen molar-refractivity contribution in [3.8, 4) is 0 Å². The van der Waals surface area contributed by atoms with Crippen LogP contribution in [0.1, 0.15) is 25.7 Å². The van der Waals surface area contributed by atoms with Crippen molar-refractivity contribution in [2.24, 2.45) is 5.41 Å². The van der Waals surface area contributed by atoms with Crippen molar-refractivity contribution in [1.82, 2.24) is 4.90 Å². The molecular formula is C10H19NO2. The number of likely N-dealkylation sites (tertiary alicyclic amines) is 1. The van der Waals surface area contributed by atoms with Crippen molar-refractivity contribution in [2.45, 2.75) is 31.8 Å². The lowest BCUT2D eigenvalue weighted by molar-refractivity contribution is 0.0565. The normalized spacial score (nSPS) is 29.1. The number of aliphatic hydroxyl groups is 2. The van der Waals surface area contributed by atoms with Gasteiger partial charge in [-0.2, -0.15) is 0 Å². The van der Waals surface area contributed by atoms with Gasteiger partial charge in [0.25, 0.3) is 0 Å². The molecule has 1 aliphatic heterocycles. The van der Waals surface area contributed by atoms with Crippen molar-refractivity contribution in [2.75, 3.05) is 26.2 Å². The molecule has 1 aliphatic carbocycles. The lowest BCUT2D eigenvalue weighted by Gasteiger charge is -2.38. The number of β-amino-alcohol motifs (C(OH)–C–C–N with tert-alkyl or cyclic N) is 1. The monoisotopic (exact) mass is 185 g/mol. The van der Waals surface area contributed by atoms with E-state index >= 15 is 0 Å². The molecule has 2 N–H and O–H groups in total. The van der Waals surface area contributed by atoms with Crippen LogP contribution in [-0.2, 0) is 0 Å². The fourth-order valence-corrected chi connectivity index (χ4v) is 2.62. The molecule has 1 saturated carbocycles. The average Bonchev–Trinajstić information content (AvgIpc) is 2.48. The predicted molar refractivity (Wildman–Crippen MR) is 50.4 cm³/mol. The van der Waals surface area contributed by atoms with Gasteiger partial charge in [-0.1, -0.05) is 6.42 Å². The molecule has 2 fully saturated rings. The third-order valence-corrected chi connectivity index (χ3v) is 3.61. The lowest BCUT2D eigenvalue weighted by Crippen LogP contribution is -2.37. The minimum atomic E-state index is -0.546. The molecule has 1 unspecified atom stereocenters. The molecule has 0 amide bonds. The summed E-state index contributed by atoms with van der Waals surface area (Å²) in [5, 5.41) is 18.0. The van der Waals surface area contributed by atoms with E-state index in [1.54, 1.807) is 0 Å². The molecule has 0 radical (unpaired) electrons. The maximum atomic E-state index is 9.29. The maximum absolute atomic E-state index is 9.29. The van der Waals surface area contributed by atoms with E-state index < -0.39 is 6.10 Å². The van der Waals surface area contributed by atoms with E-state index in [0.29, 0.717) is 12.0 Å². The van der Waals surface area contributed by atoms with Gasteiger partial charge in [0.2, 0.25) is 0 Å². The molecular weight excluding hydrogens is 166 g/mol. The van der Waals surface area contributed by atoms with Crippen LogP contribution in [0, 0.1) is 5.41 Å². The van der Waals surface area contributed by atoms with Gasteiger partial charge < -0.3 is 15.1 Å². The number of nitrogens with zero attached hydrogens (tertiary/aromatic N) is 1. The Bertz CT molecular complexity index is 180. The SMILES string of the molecule is OCC(O)CN1CCC2(CCC2)C1. The molecule has 2 rings (SSSR count). The van der Waals surface area contributed by atoms with Gasteiger partial charge in [-0.05, 0) is 31.2 Å². The van der Waals surface area contributed by atoms with Crippen molar-refractivity contribution in [3.63, 3.8) is 0 Å². The molecule has 1 saturated heterocycles. The fourth-order valence-electron chi connectivity index (χ4n) is 2.62. The summed E-state index contributed by atoms with van der Waals surface area (Å²) in [5.41, 5.74) is 0.606. The van der Waals surface area contributed by atoms with Crippen LogP contribution >= 0.6 is 0 Å². The zero-order chi connectivity index (χ0) is 9.31. The van der Waals surface area contributed by atoms with Crippen LogP contribution in [0.25, 0.3) is 0 Å². The highest BCUT2D eigenvalue weighted by molar-refractivity contribution is 4.95. The fraction of sp³-hybridized carbons (Fsp3) is 1.00. The smallest absolute Gasteiger partial charge is 0.0897 e. The number of rotatable bonds is 3. The minimum absolute atomic E-state index is 0.108. The molecule has 1 atom stereocenters. The van der Waals surface area contributed by atoms with Gasteiger partial charge in [0.15, 0.2) is 0 Å². The van der Waals surface area contributed by atoms with Crippen molar-refractivity contribution >= 4 is 0 Å². The zero-order valence-electron chi connectivity index (χ0n) is 8.08. The number of aliphatic hydroxyl groups excluding tert-OH is 2. The summed E-state index contributed by atoms with van der Waals surface area (Å²) < 4.78 is 0.